The minimum Gasteiger partial charge on any atom is -0.351 e. The van der Waals surface area contributed by atoms with E-state index >= 15 is 0 Å². The lowest BCUT2D eigenvalue weighted by Gasteiger charge is -2.21. The van der Waals surface area contributed by atoms with Crippen molar-refractivity contribution in [1.82, 2.24) is 5.32 Å². The molecule has 15 heavy (non-hydrogen) atoms. The van der Waals surface area contributed by atoms with Crippen LogP contribution in [0.1, 0.15) is 26.7 Å². The Hall–Kier alpha value is 0.410. The summed E-state index contributed by atoms with van der Waals surface area (Å²) in [5.41, 5.74) is 4.81. The largest absolute Gasteiger partial charge is 0.351 e. The molecule has 0 saturated carbocycles. The van der Waals surface area contributed by atoms with Crippen molar-refractivity contribution < 1.29 is 9.59 Å². The highest BCUT2D eigenvalue weighted by molar-refractivity contribution is 9.10. The van der Waals surface area contributed by atoms with Crippen molar-refractivity contribution in [2.75, 3.05) is 0 Å². The molecular weight excluding hydrogens is 324 g/mol. The zero-order valence-electron chi connectivity index (χ0n) is 8.59. The van der Waals surface area contributed by atoms with Crippen LogP contribution in [0.15, 0.2) is 0 Å². The quantitative estimate of drug-likeness (QED) is 0.768. The fourth-order valence-corrected chi connectivity index (χ4v) is 0.894. The molecule has 0 aromatic heterocycles. The summed E-state index contributed by atoms with van der Waals surface area (Å²) in [4.78, 5) is 21.6. The fraction of sp³-hybridized carbons (Fsp3) is 0.714. The number of hydrogen-bond acceptors (Lipinski definition) is 2. The summed E-state index contributed by atoms with van der Waals surface area (Å²) >= 11 is 3.26. The van der Waals surface area contributed by atoms with Crippen LogP contribution in [-0.4, -0.2) is 16.3 Å². The van der Waals surface area contributed by atoms with Gasteiger partial charge in [-0.2, -0.15) is 27.0 Å². The Bertz CT molecular complexity index is 203. The van der Waals surface area contributed by atoms with E-state index < -0.39 is 10.4 Å². The highest BCUT2D eigenvalue weighted by atomic mass is 79.9. The van der Waals surface area contributed by atoms with Crippen LogP contribution in [0.3, 0.4) is 0 Å². The van der Waals surface area contributed by atoms with Gasteiger partial charge in [-0.3, -0.25) is 10.1 Å². The van der Waals surface area contributed by atoms with E-state index in [0.717, 1.165) is 0 Å². The van der Waals surface area contributed by atoms with Gasteiger partial charge in [-0.05, 0) is 12.8 Å². The Morgan fingerprint density at radius 3 is 1.80 bits per heavy atom. The molecule has 4 nitrogen and oxygen atoms in total. The van der Waals surface area contributed by atoms with Gasteiger partial charge in [-0.15, -0.1) is 12.4 Å². The van der Waals surface area contributed by atoms with Gasteiger partial charge in [-0.25, -0.2) is 4.79 Å². The topological polar surface area (TPSA) is 72.2 Å². The van der Waals surface area contributed by atoms with Crippen molar-refractivity contribution in [2.45, 2.75) is 31.0 Å². The van der Waals surface area contributed by atoms with Gasteiger partial charge < -0.3 is 5.73 Å². The second-order valence-electron chi connectivity index (χ2n) is 2.49. The van der Waals surface area contributed by atoms with Gasteiger partial charge in [0, 0.05) is 0 Å². The Morgan fingerprint density at radius 2 is 1.60 bits per heavy atom. The molecule has 0 saturated heterocycles. The van der Waals surface area contributed by atoms with E-state index in [1.807, 2.05) is 19.2 Å². The van der Waals surface area contributed by atoms with Crippen molar-refractivity contribution >= 4 is 67.3 Å². The number of primary amides is 1. The third-order valence-electron chi connectivity index (χ3n) is 1.76. The van der Waals surface area contributed by atoms with E-state index in [-0.39, 0.29) is 45.3 Å². The van der Waals surface area contributed by atoms with Gasteiger partial charge in [0.15, 0.2) is 0 Å². The number of carbonyl (C=O) groups excluding carboxylic acids is 2. The predicted molar refractivity (Wildman–Crippen MR) is 78.0 cm³/mol. The molecule has 0 spiro atoms. The van der Waals surface area contributed by atoms with E-state index in [1.54, 1.807) is 0 Å². The molecule has 0 aromatic rings. The average molecular weight is 342 g/mol. The second-order valence-corrected chi connectivity index (χ2v) is 4.01. The molecule has 0 rings (SSSR count). The van der Waals surface area contributed by atoms with Crippen LogP contribution < -0.4 is 11.1 Å². The molecule has 0 aliphatic rings. The highest BCUT2D eigenvalue weighted by Gasteiger charge is 2.32. The Balaban J connectivity index is -0.000000202. The summed E-state index contributed by atoms with van der Waals surface area (Å²) in [6, 6.07) is -0.814. The number of amides is 3. The first-order chi connectivity index (χ1) is 5.46. The number of imide groups is 1. The van der Waals surface area contributed by atoms with E-state index in [2.05, 4.69) is 15.9 Å². The minimum atomic E-state index is -0.814. The van der Waals surface area contributed by atoms with Crippen LogP contribution in [-0.2, 0) is 4.79 Å². The maximum atomic E-state index is 11.3. The first-order valence-electron chi connectivity index (χ1n) is 3.76. The van der Waals surface area contributed by atoms with Gasteiger partial charge in [-0.1, -0.05) is 29.8 Å². The normalized spacial score (nSPS) is 8.73. The lowest BCUT2D eigenvalue weighted by atomic mass is 10.0. The molecule has 3 N–H and O–H groups in total. The highest BCUT2D eigenvalue weighted by Crippen LogP contribution is 2.26. The molecule has 0 aliphatic carbocycles. The zero-order chi connectivity index (χ0) is 9.78. The molecule has 3 amide bonds. The monoisotopic (exact) mass is 340 g/mol. The predicted octanol–water partition coefficient (Wildman–Crippen LogP) is 1.78. The van der Waals surface area contributed by atoms with Crippen LogP contribution in [0.5, 0.6) is 0 Å². The SMILES string of the molecule is CCC(Br)(CC)C(=O)NC(N)=O.Cl.S.S. The summed E-state index contributed by atoms with van der Waals surface area (Å²) in [6.07, 6.45) is 1.23. The molecule has 94 valence electrons. The van der Waals surface area contributed by atoms with Gasteiger partial charge >= 0.3 is 6.03 Å². The van der Waals surface area contributed by atoms with Crippen LogP contribution in [0.25, 0.3) is 0 Å². The number of nitrogens with two attached hydrogens (primary N) is 1. The molecule has 0 radical (unpaired) electrons. The summed E-state index contributed by atoms with van der Waals surface area (Å²) in [6.45, 7) is 3.72. The molecule has 0 aromatic carbocycles. The fourth-order valence-electron chi connectivity index (χ4n) is 0.795. The Kier molecular flexibility index (Phi) is 17.9. The van der Waals surface area contributed by atoms with Gasteiger partial charge in [0.25, 0.3) is 0 Å². The van der Waals surface area contributed by atoms with Gasteiger partial charge in [0.05, 0.1) is 0 Å². The third-order valence-corrected chi connectivity index (χ3v) is 3.25. The molecule has 0 heterocycles. The van der Waals surface area contributed by atoms with Crippen molar-refractivity contribution in [2.24, 2.45) is 5.73 Å². The summed E-state index contributed by atoms with van der Waals surface area (Å²) in [7, 11) is 0. The van der Waals surface area contributed by atoms with E-state index in [4.69, 9.17) is 5.73 Å². The minimum absolute atomic E-state index is 0. The second kappa shape index (κ2) is 10.9. The van der Waals surface area contributed by atoms with Crippen molar-refractivity contribution in [1.29, 1.82) is 0 Å². The summed E-state index contributed by atoms with van der Waals surface area (Å²) in [5, 5.41) is 2.04. The number of nitrogens with one attached hydrogen (secondary N) is 1. The molecule has 0 aliphatic heterocycles. The molecule has 0 unspecified atom stereocenters. The number of urea groups is 1. The van der Waals surface area contributed by atoms with Crippen LogP contribution in [0, 0.1) is 0 Å². The number of halogens is 2. The number of hydrogen-bond donors (Lipinski definition) is 2. The lowest BCUT2D eigenvalue weighted by Crippen LogP contribution is -2.46. The summed E-state index contributed by atoms with van der Waals surface area (Å²) in [5.74, 6) is -0.375. The van der Waals surface area contributed by atoms with E-state index in [0.29, 0.717) is 12.8 Å². The van der Waals surface area contributed by atoms with Crippen molar-refractivity contribution in [3.63, 3.8) is 0 Å². The van der Waals surface area contributed by atoms with Crippen molar-refractivity contribution in [3.05, 3.63) is 0 Å². The number of rotatable bonds is 3. The maximum absolute atomic E-state index is 11.3. The maximum Gasteiger partial charge on any atom is 0.318 e. The smallest absolute Gasteiger partial charge is 0.318 e. The Labute approximate surface area is 119 Å². The molecule has 0 fully saturated rings. The molecule has 0 atom stereocenters. The Morgan fingerprint density at radius 1 is 1.27 bits per heavy atom. The average Bonchev–Trinajstić information content (AvgIpc) is 2.02. The standard InChI is InChI=1S/C7H13BrN2O2.ClH.2H2S/c1-3-7(8,4-2)5(11)10-6(9)12;;;/h3-4H2,1-2H3,(H3,9,10,11,12);1H;2*1H2. The molecule has 8 heteroatoms. The lowest BCUT2D eigenvalue weighted by molar-refractivity contribution is -0.122. The van der Waals surface area contributed by atoms with Gasteiger partial charge in [0.2, 0.25) is 5.91 Å². The van der Waals surface area contributed by atoms with Crippen LogP contribution >= 0.6 is 55.3 Å². The number of alkyl halides is 1. The van der Waals surface area contributed by atoms with E-state index in [1.165, 1.54) is 0 Å². The van der Waals surface area contributed by atoms with Crippen LogP contribution in [0.4, 0.5) is 4.79 Å². The molecular formula is C7H18BrClN2O2S2. The van der Waals surface area contributed by atoms with Gasteiger partial charge in [0.1, 0.15) is 4.32 Å². The molecule has 0 bridgehead atoms. The third kappa shape index (κ3) is 8.24. The number of carbonyl (C=O) groups is 2. The zero-order valence-corrected chi connectivity index (χ0v) is 13.0. The first kappa shape index (κ1) is 24.6. The first-order valence-corrected chi connectivity index (χ1v) is 4.55. The summed E-state index contributed by atoms with van der Waals surface area (Å²) < 4.78 is -0.665. The van der Waals surface area contributed by atoms with E-state index in [9.17, 15) is 9.59 Å². The van der Waals surface area contributed by atoms with Crippen LogP contribution in [0.2, 0.25) is 0 Å². The van der Waals surface area contributed by atoms with Crippen molar-refractivity contribution in [3.8, 4) is 0 Å².